The van der Waals surface area contributed by atoms with Gasteiger partial charge in [-0.1, -0.05) is 75.0 Å². The molecule has 0 aliphatic heterocycles. The van der Waals surface area contributed by atoms with E-state index in [1.165, 1.54) is 11.8 Å². The number of amides is 1. The Balaban J connectivity index is 1.57. The van der Waals surface area contributed by atoms with Crippen LogP contribution in [0.4, 0.5) is 0 Å². The maximum atomic E-state index is 13.7. The van der Waals surface area contributed by atoms with E-state index < -0.39 is 5.97 Å². The van der Waals surface area contributed by atoms with E-state index in [1.54, 1.807) is 12.1 Å². The van der Waals surface area contributed by atoms with E-state index in [9.17, 15) is 19.5 Å². The zero-order valence-corrected chi connectivity index (χ0v) is 29.3. The van der Waals surface area contributed by atoms with Crippen LogP contribution in [0.2, 0.25) is 0 Å². The normalized spacial score (nSPS) is 12.2. The highest BCUT2D eigenvalue weighted by atomic mass is 32.2. The lowest BCUT2D eigenvalue weighted by molar-refractivity contribution is -0.111. The summed E-state index contributed by atoms with van der Waals surface area (Å²) in [5, 5.41) is 13.0. The van der Waals surface area contributed by atoms with Crippen LogP contribution in [0.3, 0.4) is 0 Å². The number of benzene rings is 3. The summed E-state index contributed by atoms with van der Waals surface area (Å²) in [6.07, 6.45) is 3.88. The Hall–Kier alpha value is -3.95. The van der Waals surface area contributed by atoms with E-state index in [1.807, 2.05) is 69.6 Å². The van der Waals surface area contributed by atoms with Crippen LogP contribution in [-0.4, -0.2) is 69.0 Å². The number of nitrogens with zero attached hydrogens (tertiary/aromatic N) is 3. The van der Waals surface area contributed by atoms with Gasteiger partial charge in [0.1, 0.15) is 5.82 Å². The van der Waals surface area contributed by atoms with Gasteiger partial charge in [-0.3, -0.25) is 9.59 Å². The van der Waals surface area contributed by atoms with Gasteiger partial charge in [-0.05, 0) is 93.2 Å². The first kappa shape index (κ1) is 35.9. The maximum absolute atomic E-state index is 13.7. The van der Waals surface area contributed by atoms with Gasteiger partial charge in [-0.15, -0.1) is 0 Å². The number of rotatable bonds is 16. The summed E-state index contributed by atoms with van der Waals surface area (Å²) < 4.78 is 2.19. The number of carboxylic acids is 1. The molecule has 4 aromatic rings. The van der Waals surface area contributed by atoms with E-state index >= 15 is 0 Å². The number of thioether (sulfide) groups is 1. The topological polar surface area (TPSA) is 105 Å². The minimum absolute atomic E-state index is 0.119. The number of nitrogens with one attached hydrogen (secondary N) is 1. The molecule has 8 nitrogen and oxygen atoms in total. The zero-order chi connectivity index (χ0) is 34.1. The van der Waals surface area contributed by atoms with Crippen molar-refractivity contribution in [2.75, 3.05) is 26.4 Å². The van der Waals surface area contributed by atoms with Crippen LogP contribution in [0, 0.1) is 12.8 Å². The number of hydrogen-bond acceptors (Lipinski definition) is 6. The molecule has 0 saturated heterocycles. The first-order chi connectivity index (χ1) is 22.5. The van der Waals surface area contributed by atoms with Crippen molar-refractivity contribution in [3.8, 4) is 11.1 Å². The van der Waals surface area contributed by atoms with Gasteiger partial charge in [0.15, 0.2) is 5.12 Å². The molecule has 0 aliphatic carbocycles. The third-order valence-electron chi connectivity index (χ3n) is 8.15. The van der Waals surface area contributed by atoms with Crippen LogP contribution < -0.4 is 5.32 Å². The molecule has 0 saturated carbocycles. The summed E-state index contributed by atoms with van der Waals surface area (Å²) in [6.45, 7) is 9.83. The van der Waals surface area contributed by atoms with Crippen LogP contribution in [0.25, 0.3) is 22.2 Å². The molecule has 1 atom stereocenters. The fourth-order valence-electron chi connectivity index (χ4n) is 5.87. The summed E-state index contributed by atoms with van der Waals surface area (Å²) in [5.41, 5.74) is 6.16. The Kier molecular flexibility index (Phi) is 12.8. The minimum Gasteiger partial charge on any atom is -0.478 e. The average molecular weight is 657 g/mol. The van der Waals surface area contributed by atoms with Crippen molar-refractivity contribution < 1.29 is 19.5 Å². The van der Waals surface area contributed by atoms with Gasteiger partial charge in [0.25, 0.3) is 5.91 Å². The Bertz CT molecular complexity index is 1690. The Morgan fingerprint density at radius 2 is 1.77 bits per heavy atom. The molecule has 3 aromatic carbocycles. The SMILES string of the molecule is CCCc1nc2c(C)cc(C(=O)N[C@@H](CSC(=O)CCCN(C)C)CC(C)C)cc2n1Cc1ccc(-c2ccccc2C(=O)O)cc1. The molecule has 0 spiro atoms. The first-order valence-corrected chi connectivity index (χ1v) is 17.5. The molecule has 0 unspecified atom stereocenters. The summed E-state index contributed by atoms with van der Waals surface area (Å²) >= 11 is 1.32. The Morgan fingerprint density at radius 1 is 1.04 bits per heavy atom. The molecule has 0 radical (unpaired) electrons. The summed E-state index contributed by atoms with van der Waals surface area (Å²) in [5.74, 6) is 0.790. The summed E-state index contributed by atoms with van der Waals surface area (Å²) in [6, 6.07) is 18.7. The smallest absolute Gasteiger partial charge is 0.336 e. The lowest BCUT2D eigenvalue weighted by atomic mass is 9.98. The third kappa shape index (κ3) is 9.78. The van der Waals surface area contributed by atoms with E-state index in [0.29, 0.717) is 35.8 Å². The molecule has 2 N–H and O–H groups in total. The molecule has 9 heteroatoms. The summed E-state index contributed by atoms with van der Waals surface area (Å²) in [7, 11) is 4.01. The fraction of sp³-hybridized carbons (Fsp3) is 0.421. The van der Waals surface area contributed by atoms with Gasteiger partial charge in [0.05, 0.1) is 16.6 Å². The van der Waals surface area contributed by atoms with Crippen molar-refractivity contribution in [3.63, 3.8) is 0 Å². The highest BCUT2D eigenvalue weighted by Crippen LogP contribution is 2.27. The van der Waals surface area contributed by atoms with Crippen molar-refractivity contribution in [2.45, 2.75) is 72.4 Å². The molecule has 250 valence electrons. The van der Waals surface area contributed by atoms with Gasteiger partial charge in [-0.25, -0.2) is 9.78 Å². The molecule has 1 aromatic heterocycles. The number of imidazole rings is 1. The number of aryl methyl sites for hydroxylation is 2. The number of carbonyl (C=O) groups is 3. The molecule has 4 rings (SSSR count). The van der Waals surface area contributed by atoms with Gasteiger partial charge in [-0.2, -0.15) is 0 Å². The second-order valence-corrected chi connectivity index (χ2v) is 14.0. The second-order valence-electron chi connectivity index (χ2n) is 13.0. The third-order valence-corrected chi connectivity index (χ3v) is 9.24. The minimum atomic E-state index is -0.952. The average Bonchev–Trinajstić information content (AvgIpc) is 3.37. The molecular formula is C38H48N4O4S. The van der Waals surface area contributed by atoms with E-state index in [0.717, 1.165) is 65.8 Å². The number of carbonyl (C=O) groups excluding carboxylic acids is 2. The summed E-state index contributed by atoms with van der Waals surface area (Å²) in [4.78, 5) is 45.1. The van der Waals surface area contributed by atoms with Crippen molar-refractivity contribution in [1.29, 1.82) is 0 Å². The number of aromatic carboxylic acids is 1. The van der Waals surface area contributed by atoms with Crippen molar-refractivity contribution in [1.82, 2.24) is 19.8 Å². The number of carboxylic acid groups (broad SMARTS) is 1. The van der Waals surface area contributed by atoms with Crippen LogP contribution in [0.5, 0.6) is 0 Å². The fourth-order valence-corrected chi connectivity index (χ4v) is 6.76. The molecular weight excluding hydrogens is 609 g/mol. The predicted octanol–water partition coefficient (Wildman–Crippen LogP) is 7.46. The zero-order valence-electron chi connectivity index (χ0n) is 28.5. The van der Waals surface area contributed by atoms with Gasteiger partial charge in [0.2, 0.25) is 0 Å². The molecule has 1 heterocycles. The Morgan fingerprint density at radius 3 is 2.43 bits per heavy atom. The van der Waals surface area contributed by atoms with Crippen molar-refractivity contribution in [2.24, 2.45) is 5.92 Å². The molecule has 47 heavy (non-hydrogen) atoms. The van der Waals surface area contributed by atoms with Crippen LogP contribution >= 0.6 is 11.8 Å². The standard InChI is InChI=1S/C38H48N4O4S/c1-7-11-34-40-36-26(4)21-29(37(44)39-30(20-25(2)3)24-47-35(43)14-10-19-41(5)6)22-33(36)42(34)23-27-15-17-28(18-16-27)31-12-8-9-13-32(31)38(45)46/h8-9,12-13,15-18,21-22,25,30H,7,10-11,14,19-20,23-24H2,1-6H3,(H,39,44)(H,45,46)/t30-/m1/s1. The highest BCUT2D eigenvalue weighted by molar-refractivity contribution is 8.13. The maximum Gasteiger partial charge on any atom is 0.336 e. The number of fused-ring (bicyclic) bond motifs is 1. The van der Waals surface area contributed by atoms with Gasteiger partial charge in [0, 0.05) is 36.7 Å². The van der Waals surface area contributed by atoms with Crippen molar-refractivity contribution >= 4 is 39.8 Å². The monoisotopic (exact) mass is 656 g/mol. The van der Waals surface area contributed by atoms with E-state index in [2.05, 4.69) is 35.6 Å². The first-order valence-electron chi connectivity index (χ1n) is 16.5. The van der Waals surface area contributed by atoms with Gasteiger partial charge < -0.3 is 19.9 Å². The lowest BCUT2D eigenvalue weighted by Crippen LogP contribution is -2.38. The van der Waals surface area contributed by atoms with Crippen LogP contribution in [0.1, 0.15) is 84.1 Å². The number of aromatic nitrogens is 2. The van der Waals surface area contributed by atoms with Gasteiger partial charge >= 0.3 is 5.97 Å². The molecule has 0 fully saturated rings. The highest BCUT2D eigenvalue weighted by Gasteiger charge is 2.21. The molecule has 0 aliphatic rings. The second kappa shape index (κ2) is 16.7. The lowest BCUT2D eigenvalue weighted by Gasteiger charge is -2.20. The van der Waals surface area contributed by atoms with Crippen LogP contribution in [0.15, 0.2) is 60.7 Å². The Labute approximate surface area is 283 Å². The largest absolute Gasteiger partial charge is 0.478 e. The quantitative estimate of drug-likeness (QED) is 0.129. The number of hydrogen-bond donors (Lipinski definition) is 2. The van der Waals surface area contributed by atoms with Crippen molar-refractivity contribution in [3.05, 3.63) is 88.7 Å². The molecule has 1 amide bonds. The van der Waals surface area contributed by atoms with Crippen LogP contribution in [-0.2, 0) is 17.8 Å². The van der Waals surface area contributed by atoms with E-state index in [4.69, 9.17) is 4.98 Å². The predicted molar refractivity (Wildman–Crippen MR) is 192 cm³/mol. The molecule has 0 bridgehead atoms. The van der Waals surface area contributed by atoms with E-state index in [-0.39, 0.29) is 22.6 Å².